The molecule has 2 amide bonds. The molecule has 4 aliphatic rings. The molecule has 6 rings (SSSR count). The Kier molecular flexibility index (Phi) is 8.68. The van der Waals surface area contributed by atoms with Crippen LogP contribution in [0.25, 0.3) is 33.4 Å². The number of aryl methyl sites for hydroxylation is 1. The van der Waals surface area contributed by atoms with E-state index in [2.05, 4.69) is 77.1 Å². The molecule has 2 aromatic rings. The van der Waals surface area contributed by atoms with Crippen LogP contribution in [0.1, 0.15) is 47.1 Å². The van der Waals surface area contributed by atoms with Gasteiger partial charge in [-0.3, -0.25) is 4.90 Å². The predicted molar refractivity (Wildman–Crippen MR) is 186 cm³/mol. The first-order valence-electron chi connectivity index (χ1n) is 16.6. The summed E-state index contributed by atoms with van der Waals surface area (Å²) < 4.78 is 20.2. The van der Waals surface area contributed by atoms with Crippen LogP contribution in [0, 0.1) is 6.92 Å². The van der Waals surface area contributed by atoms with Gasteiger partial charge in [-0.1, -0.05) is 24.3 Å². The van der Waals surface area contributed by atoms with Crippen molar-refractivity contribution < 1.29 is 23.5 Å². The molecule has 0 radical (unpaired) electrons. The molecule has 3 heterocycles. The van der Waals surface area contributed by atoms with Gasteiger partial charge in [0.2, 0.25) is 5.36 Å². The van der Waals surface area contributed by atoms with Gasteiger partial charge in [-0.15, -0.1) is 0 Å². The van der Waals surface area contributed by atoms with E-state index in [-0.39, 0.29) is 12.2 Å². The van der Waals surface area contributed by atoms with Crippen LogP contribution in [-0.4, -0.2) is 85.5 Å². The van der Waals surface area contributed by atoms with Crippen molar-refractivity contribution in [3.63, 3.8) is 0 Å². The van der Waals surface area contributed by atoms with E-state index in [0.29, 0.717) is 52.4 Å². The van der Waals surface area contributed by atoms with Crippen molar-refractivity contribution in [1.82, 2.24) is 14.4 Å². The maximum absolute atomic E-state index is 12.6. The first-order valence-corrected chi connectivity index (χ1v) is 16.6. The number of benzene rings is 3. The number of piperazine rings is 2. The minimum absolute atomic E-state index is 0.262. The molecule has 248 valence electrons. The predicted octanol–water partition coefficient (Wildman–Crippen LogP) is 6.59. The maximum Gasteiger partial charge on any atom is 0.410 e. The number of nitrogens with zero attached hydrogens (tertiary/aromatic N) is 4. The minimum Gasteiger partial charge on any atom is -0.456 e. The molecule has 9 heteroatoms. The van der Waals surface area contributed by atoms with E-state index in [4.69, 9.17) is 13.9 Å². The van der Waals surface area contributed by atoms with Crippen LogP contribution < -0.4 is 14.8 Å². The lowest BCUT2D eigenvalue weighted by molar-refractivity contribution is 0.0214. The van der Waals surface area contributed by atoms with E-state index >= 15 is 0 Å². The summed E-state index contributed by atoms with van der Waals surface area (Å²) in [4.78, 5) is 31.1. The SMILES string of the molecule is Cc1ccccc1-c1c2ccc(=[N+]3CCN(C(=O)OC(C)(C)C)CC3)cc-2oc2cc(N3CCN(C(=O)OC(C)(C)C)CC3)ccc12. The smallest absolute Gasteiger partial charge is 0.410 e. The molecule has 1 aliphatic carbocycles. The highest BCUT2D eigenvalue weighted by molar-refractivity contribution is 6.03. The standard InChI is InChI=1S/C38H47N4O5/c1-26-10-8-9-11-29(26)34-30-14-12-27(39-16-20-41(21-17-39)35(43)46-37(2,3)4)24-32(30)45-33-25-28(13-15-31(33)34)40-18-22-42(23-19-40)36(44)47-38(5,6)7/h8-15,24-25H,16-23H2,1-7H3/q+1. The van der Waals surface area contributed by atoms with Gasteiger partial charge in [-0.25, -0.2) is 14.2 Å². The van der Waals surface area contributed by atoms with Crippen molar-refractivity contribution in [2.45, 2.75) is 59.7 Å². The number of rotatable bonds is 2. The number of hydrogen-bond acceptors (Lipinski definition) is 6. The average Bonchev–Trinajstić information content (AvgIpc) is 3.02. The molecule has 0 saturated carbocycles. The van der Waals surface area contributed by atoms with Gasteiger partial charge in [0.25, 0.3) is 0 Å². The highest BCUT2D eigenvalue weighted by Gasteiger charge is 2.29. The van der Waals surface area contributed by atoms with Gasteiger partial charge in [0, 0.05) is 60.5 Å². The second kappa shape index (κ2) is 12.6. The zero-order valence-corrected chi connectivity index (χ0v) is 28.8. The summed E-state index contributed by atoms with van der Waals surface area (Å²) in [6, 6.07) is 21.4. The van der Waals surface area contributed by atoms with Crippen molar-refractivity contribution in [3.05, 3.63) is 71.6 Å². The topological polar surface area (TPSA) is 78.5 Å². The Bertz CT molecular complexity index is 1830. The van der Waals surface area contributed by atoms with Gasteiger partial charge >= 0.3 is 12.2 Å². The fraction of sp³-hybridized carbons (Fsp3) is 0.447. The highest BCUT2D eigenvalue weighted by atomic mass is 16.6. The second-order valence-corrected chi connectivity index (χ2v) is 14.6. The molecule has 0 aromatic heterocycles. The van der Waals surface area contributed by atoms with Gasteiger partial charge in [0.1, 0.15) is 22.5 Å². The van der Waals surface area contributed by atoms with Gasteiger partial charge in [-0.05, 0) is 77.8 Å². The van der Waals surface area contributed by atoms with Gasteiger partial charge in [0.15, 0.2) is 13.1 Å². The van der Waals surface area contributed by atoms with E-state index in [0.717, 1.165) is 38.9 Å². The summed E-state index contributed by atoms with van der Waals surface area (Å²) in [6.45, 7) is 18.7. The quantitative estimate of drug-likeness (QED) is 0.182. The van der Waals surface area contributed by atoms with Crippen molar-refractivity contribution in [2.24, 2.45) is 0 Å². The lowest BCUT2D eigenvalue weighted by Gasteiger charge is -2.36. The molecular formula is C38H47N4O5+. The summed E-state index contributed by atoms with van der Waals surface area (Å²) >= 11 is 0. The van der Waals surface area contributed by atoms with Crippen LogP contribution in [0.5, 0.6) is 0 Å². The number of fused-ring (bicyclic) bond motifs is 2. The van der Waals surface area contributed by atoms with Crippen LogP contribution >= 0.6 is 0 Å². The summed E-state index contributed by atoms with van der Waals surface area (Å²) in [5, 5.41) is 2.12. The number of amides is 2. The third-order valence-electron chi connectivity index (χ3n) is 8.70. The molecule has 0 unspecified atom stereocenters. The first-order chi connectivity index (χ1) is 22.3. The van der Waals surface area contributed by atoms with Crippen LogP contribution in [0.15, 0.2) is 65.1 Å². The van der Waals surface area contributed by atoms with E-state index in [9.17, 15) is 9.59 Å². The zero-order chi connectivity index (χ0) is 33.5. The van der Waals surface area contributed by atoms with E-state index < -0.39 is 11.2 Å². The molecule has 0 atom stereocenters. The number of anilines is 1. The van der Waals surface area contributed by atoms with Gasteiger partial charge in [-0.2, -0.15) is 0 Å². The van der Waals surface area contributed by atoms with Crippen molar-refractivity contribution in [1.29, 1.82) is 0 Å². The molecule has 3 aliphatic heterocycles. The minimum atomic E-state index is -0.514. The fourth-order valence-corrected chi connectivity index (χ4v) is 6.35. The number of carbonyl (C=O) groups is 2. The molecule has 0 N–H and O–H groups in total. The molecule has 2 fully saturated rings. The number of carbonyl (C=O) groups excluding carboxylic acids is 2. The third kappa shape index (κ3) is 7.24. The molecule has 47 heavy (non-hydrogen) atoms. The lowest BCUT2D eigenvalue weighted by atomic mass is 9.91. The molecule has 2 aromatic carbocycles. The second-order valence-electron chi connectivity index (χ2n) is 14.6. The Morgan fingerprint density at radius 1 is 0.723 bits per heavy atom. The Balaban J connectivity index is 1.34. The van der Waals surface area contributed by atoms with Gasteiger partial charge < -0.3 is 23.7 Å². The summed E-state index contributed by atoms with van der Waals surface area (Å²) in [5.74, 6) is 0.815. The highest BCUT2D eigenvalue weighted by Crippen LogP contribution is 2.42. The Morgan fingerprint density at radius 3 is 1.96 bits per heavy atom. The molecule has 0 spiro atoms. The average molecular weight is 640 g/mol. The van der Waals surface area contributed by atoms with Gasteiger partial charge in [0.05, 0.1) is 19.2 Å². The van der Waals surface area contributed by atoms with Crippen molar-refractivity contribution in [3.8, 4) is 22.5 Å². The summed E-state index contributed by atoms with van der Waals surface area (Å²) in [7, 11) is 0. The number of ether oxygens (including phenoxy) is 2. The van der Waals surface area contributed by atoms with Crippen LogP contribution in [0.2, 0.25) is 0 Å². The van der Waals surface area contributed by atoms with E-state index in [1.54, 1.807) is 9.80 Å². The molecule has 9 nitrogen and oxygen atoms in total. The summed E-state index contributed by atoms with van der Waals surface area (Å²) in [6.07, 6.45) is -0.524. The van der Waals surface area contributed by atoms with E-state index in [1.165, 1.54) is 11.1 Å². The zero-order valence-electron chi connectivity index (χ0n) is 28.8. The first kappa shape index (κ1) is 32.4. The van der Waals surface area contributed by atoms with Crippen LogP contribution in [-0.2, 0) is 9.47 Å². The largest absolute Gasteiger partial charge is 0.456 e. The van der Waals surface area contributed by atoms with Crippen molar-refractivity contribution in [2.75, 3.05) is 57.3 Å². The molecule has 2 saturated heterocycles. The van der Waals surface area contributed by atoms with Crippen LogP contribution in [0.4, 0.5) is 15.3 Å². The Hall–Kier alpha value is -4.53. The van der Waals surface area contributed by atoms with Crippen LogP contribution in [0.3, 0.4) is 0 Å². The van der Waals surface area contributed by atoms with E-state index in [1.807, 2.05) is 41.5 Å². The van der Waals surface area contributed by atoms with Crippen molar-refractivity contribution >= 4 is 28.8 Å². The Morgan fingerprint density at radius 2 is 1.34 bits per heavy atom. The third-order valence-corrected chi connectivity index (χ3v) is 8.70. The number of hydrogen-bond donors (Lipinski definition) is 0. The maximum atomic E-state index is 12.6. The molecular weight excluding hydrogens is 592 g/mol. The monoisotopic (exact) mass is 639 g/mol. The fourth-order valence-electron chi connectivity index (χ4n) is 6.35. The lowest BCUT2D eigenvalue weighted by Crippen LogP contribution is -2.51. The Labute approximate surface area is 277 Å². The summed E-state index contributed by atoms with van der Waals surface area (Å²) in [5.41, 5.74) is 5.44. The molecule has 0 bridgehead atoms. The normalized spacial score (nSPS) is 16.1.